The minimum atomic E-state index is -0.166. The maximum Gasteiger partial charge on any atom is 0.230 e. The molecule has 8 nitrogen and oxygen atoms in total. The van der Waals surface area contributed by atoms with Gasteiger partial charge in [-0.3, -0.25) is 9.78 Å². The van der Waals surface area contributed by atoms with Crippen molar-refractivity contribution in [2.75, 3.05) is 49.7 Å². The molecular weight excluding hydrogens is 440 g/mol. The molecule has 1 saturated heterocycles. The second-order valence-electron chi connectivity index (χ2n) is 7.39. The molecule has 1 N–H and O–H groups in total. The van der Waals surface area contributed by atoms with Gasteiger partial charge in [0.2, 0.25) is 5.91 Å². The normalized spacial score (nSPS) is 13.6. The van der Waals surface area contributed by atoms with E-state index >= 15 is 0 Å². The van der Waals surface area contributed by atoms with Crippen molar-refractivity contribution in [3.63, 3.8) is 0 Å². The molecule has 1 aromatic carbocycles. The summed E-state index contributed by atoms with van der Waals surface area (Å²) >= 11 is 1.50. The van der Waals surface area contributed by atoms with Crippen LogP contribution in [-0.4, -0.2) is 55.4 Å². The summed E-state index contributed by atoms with van der Waals surface area (Å²) in [6.45, 7) is 7.77. The van der Waals surface area contributed by atoms with E-state index < -0.39 is 0 Å². The lowest BCUT2D eigenvalue weighted by atomic mass is 10.2. The molecule has 33 heavy (non-hydrogen) atoms. The lowest BCUT2D eigenvalue weighted by Gasteiger charge is -2.31. The molecule has 1 amide bonds. The summed E-state index contributed by atoms with van der Waals surface area (Å²) in [4.78, 5) is 23.8. The van der Waals surface area contributed by atoms with Crippen molar-refractivity contribution < 1.29 is 19.0 Å². The highest BCUT2D eigenvalue weighted by atomic mass is 32.1. The molecule has 3 heterocycles. The number of hydrogen-bond acceptors (Lipinski definition) is 8. The lowest BCUT2D eigenvalue weighted by Crippen LogP contribution is -2.36. The first kappa shape index (κ1) is 23.0. The fourth-order valence-corrected chi connectivity index (χ4v) is 4.42. The van der Waals surface area contributed by atoms with Crippen LogP contribution in [0.15, 0.2) is 42.0 Å². The Hall–Kier alpha value is -3.17. The van der Waals surface area contributed by atoms with Crippen LogP contribution in [0.1, 0.15) is 19.5 Å². The van der Waals surface area contributed by atoms with Crippen molar-refractivity contribution in [1.29, 1.82) is 0 Å². The Bertz CT molecular complexity index is 1070. The zero-order valence-electron chi connectivity index (χ0n) is 18.9. The minimum absolute atomic E-state index is 0.164. The van der Waals surface area contributed by atoms with Crippen molar-refractivity contribution in [2.45, 2.75) is 20.3 Å². The van der Waals surface area contributed by atoms with Crippen molar-refractivity contribution in [1.82, 2.24) is 9.97 Å². The van der Waals surface area contributed by atoms with Gasteiger partial charge in [-0.15, -0.1) is 11.3 Å². The third-order valence-corrected chi connectivity index (χ3v) is 6.03. The van der Waals surface area contributed by atoms with Crippen LogP contribution in [0.4, 0.5) is 11.4 Å². The number of nitrogens with one attached hydrogen (secondary N) is 1. The smallest absolute Gasteiger partial charge is 0.230 e. The molecule has 0 saturated carbocycles. The first-order valence-corrected chi connectivity index (χ1v) is 12.0. The number of anilines is 2. The summed E-state index contributed by atoms with van der Waals surface area (Å²) in [5.41, 5.74) is 3.18. The number of hydrogen-bond donors (Lipinski definition) is 1. The van der Waals surface area contributed by atoms with E-state index in [1.807, 2.05) is 43.5 Å². The maximum atomic E-state index is 12.9. The molecule has 0 aliphatic carbocycles. The Labute approximate surface area is 197 Å². The standard InChI is InChI=1S/C24H28N4O4S/c1-3-31-21-14-20(28-8-10-30-11-9-28)22(32-4-2)13-19(21)27-23(29)12-18-16-33-24(26-18)17-6-5-7-25-15-17/h5-7,13-16H,3-4,8-12H2,1-2H3,(H,27,29). The average Bonchev–Trinajstić information content (AvgIpc) is 3.30. The van der Waals surface area contributed by atoms with Gasteiger partial charge in [0, 0.05) is 48.6 Å². The van der Waals surface area contributed by atoms with Crippen molar-refractivity contribution in [3.05, 3.63) is 47.7 Å². The predicted octanol–water partition coefficient (Wildman–Crippen LogP) is 4.02. The zero-order valence-corrected chi connectivity index (χ0v) is 19.7. The number of pyridine rings is 1. The quantitative estimate of drug-likeness (QED) is 0.508. The summed E-state index contributed by atoms with van der Waals surface area (Å²) in [5.74, 6) is 1.16. The van der Waals surface area contributed by atoms with Gasteiger partial charge in [-0.1, -0.05) is 0 Å². The summed E-state index contributed by atoms with van der Waals surface area (Å²) < 4.78 is 17.3. The molecule has 1 aliphatic rings. The molecule has 2 aromatic heterocycles. The molecule has 3 aromatic rings. The number of amides is 1. The highest BCUT2D eigenvalue weighted by molar-refractivity contribution is 7.13. The van der Waals surface area contributed by atoms with Gasteiger partial charge in [0.15, 0.2) is 0 Å². The van der Waals surface area contributed by atoms with E-state index in [1.54, 1.807) is 12.4 Å². The molecule has 0 radical (unpaired) electrons. The summed E-state index contributed by atoms with van der Waals surface area (Å²) in [7, 11) is 0. The Morgan fingerprint density at radius 2 is 1.97 bits per heavy atom. The van der Waals surface area contributed by atoms with Crippen LogP contribution in [-0.2, 0) is 16.0 Å². The summed E-state index contributed by atoms with van der Waals surface area (Å²) in [6, 6.07) is 7.61. The van der Waals surface area contributed by atoms with E-state index in [0.717, 1.165) is 29.3 Å². The van der Waals surface area contributed by atoms with Gasteiger partial charge in [-0.2, -0.15) is 0 Å². The van der Waals surface area contributed by atoms with Crippen LogP contribution in [0.2, 0.25) is 0 Å². The van der Waals surface area contributed by atoms with E-state index in [2.05, 4.69) is 20.2 Å². The first-order chi connectivity index (χ1) is 16.2. The summed E-state index contributed by atoms with van der Waals surface area (Å²) in [6.07, 6.45) is 3.65. The van der Waals surface area contributed by atoms with Gasteiger partial charge in [0.1, 0.15) is 16.5 Å². The van der Waals surface area contributed by atoms with Crippen molar-refractivity contribution in [3.8, 4) is 22.1 Å². The molecule has 0 bridgehead atoms. The molecule has 0 spiro atoms. The van der Waals surface area contributed by atoms with E-state index in [9.17, 15) is 4.79 Å². The fourth-order valence-electron chi connectivity index (χ4n) is 3.61. The Morgan fingerprint density at radius 1 is 1.18 bits per heavy atom. The van der Waals surface area contributed by atoms with E-state index in [-0.39, 0.29) is 12.3 Å². The molecule has 0 atom stereocenters. The van der Waals surface area contributed by atoms with Crippen LogP contribution >= 0.6 is 11.3 Å². The van der Waals surface area contributed by atoms with E-state index in [1.165, 1.54) is 11.3 Å². The van der Waals surface area contributed by atoms with Crippen molar-refractivity contribution >= 4 is 28.6 Å². The molecule has 1 aliphatic heterocycles. The Balaban J connectivity index is 1.53. The monoisotopic (exact) mass is 468 g/mol. The molecule has 1 fully saturated rings. The highest BCUT2D eigenvalue weighted by Crippen LogP contribution is 2.39. The second-order valence-corrected chi connectivity index (χ2v) is 8.25. The van der Waals surface area contributed by atoms with Crippen molar-refractivity contribution in [2.24, 2.45) is 0 Å². The number of aromatic nitrogens is 2. The largest absolute Gasteiger partial charge is 0.492 e. The fraction of sp³-hybridized carbons (Fsp3) is 0.375. The van der Waals surface area contributed by atoms with E-state index in [0.29, 0.717) is 49.3 Å². The number of rotatable bonds is 9. The third-order valence-electron chi connectivity index (χ3n) is 5.09. The number of thiazole rings is 1. The number of benzene rings is 1. The molecule has 4 rings (SSSR count). The zero-order chi connectivity index (χ0) is 23.0. The van der Waals surface area contributed by atoms with Gasteiger partial charge in [0.25, 0.3) is 0 Å². The third kappa shape index (κ3) is 5.80. The van der Waals surface area contributed by atoms with E-state index in [4.69, 9.17) is 14.2 Å². The summed E-state index contributed by atoms with van der Waals surface area (Å²) in [5, 5.41) is 5.73. The van der Waals surface area contributed by atoms with Gasteiger partial charge < -0.3 is 24.4 Å². The number of ether oxygens (including phenoxy) is 3. The molecule has 174 valence electrons. The number of carbonyl (C=O) groups excluding carboxylic acids is 1. The average molecular weight is 469 g/mol. The lowest BCUT2D eigenvalue weighted by molar-refractivity contribution is -0.115. The number of carbonyl (C=O) groups is 1. The minimum Gasteiger partial charge on any atom is -0.492 e. The number of nitrogens with zero attached hydrogens (tertiary/aromatic N) is 3. The SMILES string of the molecule is CCOc1cc(N2CCOCC2)c(OCC)cc1NC(=O)Cc1csc(-c2cccnc2)n1. The molecule has 9 heteroatoms. The molecule has 0 unspecified atom stereocenters. The van der Waals surface area contributed by atoms with Crippen LogP contribution in [0.5, 0.6) is 11.5 Å². The number of morpholine rings is 1. The predicted molar refractivity (Wildman–Crippen MR) is 129 cm³/mol. The topological polar surface area (TPSA) is 85.8 Å². The second kappa shape index (κ2) is 11.1. The van der Waals surface area contributed by atoms with Gasteiger partial charge in [-0.25, -0.2) is 4.98 Å². The van der Waals surface area contributed by atoms with Gasteiger partial charge in [-0.05, 0) is 26.0 Å². The van der Waals surface area contributed by atoms with Gasteiger partial charge in [0.05, 0.1) is 49.9 Å². The Kier molecular flexibility index (Phi) is 7.74. The van der Waals surface area contributed by atoms with Crippen LogP contribution < -0.4 is 19.7 Å². The first-order valence-electron chi connectivity index (χ1n) is 11.1. The highest BCUT2D eigenvalue weighted by Gasteiger charge is 2.21. The van der Waals surface area contributed by atoms with Crippen LogP contribution in [0.3, 0.4) is 0 Å². The molecular formula is C24H28N4O4S. The van der Waals surface area contributed by atoms with Crippen LogP contribution in [0, 0.1) is 0 Å². The Morgan fingerprint density at radius 3 is 2.70 bits per heavy atom. The van der Waals surface area contributed by atoms with Crippen LogP contribution in [0.25, 0.3) is 10.6 Å². The maximum absolute atomic E-state index is 12.9. The van der Waals surface area contributed by atoms with Gasteiger partial charge >= 0.3 is 0 Å².